The highest BCUT2D eigenvalue weighted by atomic mass is 16.5. The number of methoxy groups -OCH3 is 1. The molecule has 0 saturated heterocycles. The monoisotopic (exact) mass is 324 g/mol. The van der Waals surface area contributed by atoms with Crippen LogP contribution in [0.5, 0.6) is 5.75 Å². The Morgan fingerprint density at radius 2 is 1.88 bits per heavy atom. The van der Waals surface area contributed by atoms with E-state index in [2.05, 4.69) is 4.74 Å². The first kappa shape index (κ1) is 15.8. The lowest BCUT2D eigenvalue weighted by atomic mass is 10.1. The maximum atomic E-state index is 11.8. The molecule has 5 heteroatoms. The molecule has 1 heterocycles. The second-order valence-electron chi connectivity index (χ2n) is 5.22. The molecule has 5 nitrogen and oxygen atoms in total. The summed E-state index contributed by atoms with van der Waals surface area (Å²) >= 11 is 0. The number of hydrogen-bond donors (Lipinski definition) is 0. The number of fused-ring (bicyclic) bond motifs is 1. The molecule has 0 bridgehead atoms. The Labute approximate surface area is 138 Å². The maximum absolute atomic E-state index is 11.8. The second kappa shape index (κ2) is 7.00. The Kier molecular flexibility index (Phi) is 4.61. The maximum Gasteiger partial charge on any atom is 0.351 e. The minimum atomic E-state index is -0.726. The lowest BCUT2D eigenvalue weighted by Crippen LogP contribution is -2.14. The summed E-state index contributed by atoms with van der Waals surface area (Å²) in [4.78, 5) is 23.3. The van der Waals surface area contributed by atoms with Gasteiger partial charge in [0.15, 0.2) is 0 Å². The standard InChI is InChI=1S/C19H16O5/c1-22-18(20)16-11-14-7-8-15(12-17(14)24-19(16)21)23-10-9-13-5-3-2-4-6-13/h2-8,11-12H,9-10H2,1H3. The van der Waals surface area contributed by atoms with E-state index in [1.54, 1.807) is 18.2 Å². The van der Waals surface area contributed by atoms with Crippen LogP contribution in [0.15, 0.2) is 63.8 Å². The van der Waals surface area contributed by atoms with Crippen LogP contribution in [-0.2, 0) is 11.2 Å². The molecule has 3 rings (SSSR count). The Bertz CT molecular complexity index is 912. The van der Waals surface area contributed by atoms with E-state index in [9.17, 15) is 9.59 Å². The zero-order valence-corrected chi connectivity index (χ0v) is 13.2. The number of carbonyl (C=O) groups excluding carboxylic acids is 1. The molecular formula is C19H16O5. The molecule has 24 heavy (non-hydrogen) atoms. The summed E-state index contributed by atoms with van der Waals surface area (Å²) in [6.45, 7) is 0.514. The van der Waals surface area contributed by atoms with Gasteiger partial charge in [0.25, 0.3) is 0 Å². The normalized spacial score (nSPS) is 10.5. The number of hydrogen-bond acceptors (Lipinski definition) is 5. The van der Waals surface area contributed by atoms with Crippen LogP contribution in [0.1, 0.15) is 15.9 Å². The van der Waals surface area contributed by atoms with Gasteiger partial charge in [0.2, 0.25) is 0 Å². The average Bonchev–Trinajstić information content (AvgIpc) is 2.61. The lowest BCUT2D eigenvalue weighted by molar-refractivity contribution is 0.0596. The fourth-order valence-electron chi connectivity index (χ4n) is 2.37. The van der Waals surface area contributed by atoms with Crippen LogP contribution in [0.3, 0.4) is 0 Å². The minimum Gasteiger partial charge on any atom is -0.493 e. The van der Waals surface area contributed by atoms with Crippen molar-refractivity contribution in [3.05, 3.63) is 76.1 Å². The van der Waals surface area contributed by atoms with Gasteiger partial charge in [-0.2, -0.15) is 0 Å². The predicted molar refractivity (Wildman–Crippen MR) is 89.5 cm³/mol. The fourth-order valence-corrected chi connectivity index (χ4v) is 2.37. The van der Waals surface area contributed by atoms with Crippen molar-refractivity contribution in [1.82, 2.24) is 0 Å². The second-order valence-corrected chi connectivity index (χ2v) is 5.22. The van der Waals surface area contributed by atoms with Gasteiger partial charge in [-0.25, -0.2) is 9.59 Å². The smallest absolute Gasteiger partial charge is 0.351 e. The molecular weight excluding hydrogens is 308 g/mol. The molecule has 3 aromatic rings. The molecule has 0 atom stereocenters. The third-order valence-electron chi connectivity index (χ3n) is 3.62. The van der Waals surface area contributed by atoms with Crippen molar-refractivity contribution in [2.75, 3.05) is 13.7 Å². The first-order valence-corrected chi connectivity index (χ1v) is 7.50. The molecule has 0 amide bonds. The molecule has 0 radical (unpaired) electrons. The summed E-state index contributed by atoms with van der Waals surface area (Å²) in [7, 11) is 1.22. The lowest BCUT2D eigenvalue weighted by Gasteiger charge is -2.07. The van der Waals surface area contributed by atoms with Crippen molar-refractivity contribution >= 4 is 16.9 Å². The van der Waals surface area contributed by atoms with Crippen LogP contribution in [0.4, 0.5) is 0 Å². The van der Waals surface area contributed by atoms with Gasteiger partial charge in [-0.05, 0) is 23.8 Å². The van der Waals surface area contributed by atoms with E-state index in [1.165, 1.54) is 18.7 Å². The van der Waals surface area contributed by atoms with E-state index in [-0.39, 0.29) is 5.56 Å². The molecule has 0 aliphatic carbocycles. The first-order valence-electron chi connectivity index (χ1n) is 7.50. The third kappa shape index (κ3) is 3.46. The average molecular weight is 324 g/mol. The van der Waals surface area contributed by atoms with E-state index in [1.807, 2.05) is 30.3 Å². The number of esters is 1. The summed E-state index contributed by atoms with van der Waals surface area (Å²) in [5.74, 6) is -0.110. The number of benzene rings is 2. The number of ether oxygens (including phenoxy) is 2. The summed E-state index contributed by atoms with van der Waals surface area (Å²) in [6.07, 6.45) is 0.782. The zero-order chi connectivity index (χ0) is 16.9. The van der Waals surface area contributed by atoms with Crippen LogP contribution in [0.2, 0.25) is 0 Å². The van der Waals surface area contributed by atoms with Crippen molar-refractivity contribution in [3.8, 4) is 5.75 Å². The highest BCUT2D eigenvalue weighted by Gasteiger charge is 2.14. The van der Waals surface area contributed by atoms with Gasteiger partial charge >= 0.3 is 11.6 Å². The van der Waals surface area contributed by atoms with Gasteiger partial charge in [-0.15, -0.1) is 0 Å². The van der Waals surface area contributed by atoms with Crippen molar-refractivity contribution in [3.63, 3.8) is 0 Å². The summed E-state index contributed by atoms with van der Waals surface area (Å²) in [5.41, 5.74) is 0.705. The van der Waals surface area contributed by atoms with Crippen molar-refractivity contribution in [2.45, 2.75) is 6.42 Å². The minimum absolute atomic E-state index is 0.122. The molecule has 122 valence electrons. The van der Waals surface area contributed by atoms with Crippen LogP contribution in [-0.4, -0.2) is 19.7 Å². The van der Waals surface area contributed by atoms with Crippen molar-refractivity contribution < 1.29 is 18.7 Å². The summed E-state index contributed by atoms with van der Waals surface area (Å²) in [5, 5.41) is 0.630. The first-order chi connectivity index (χ1) is 11.7. The highest BCUT2D eigenvalue weighted by molar-refractivity contribution is 5.92. The van der Waals surface area contributed by atoms with Crippen LogP contribution in [0, 0.1) is 0 Å². The molecule has 0 aliphatic rings. The fraction of sp³-hybridized carbons (Fsp3) is 0.158. The Morgan fingerprint density at radius 3 is 2.62 bits per heavy atom. The van der Waals surface area contributed by atoms with E-state index in [0.29, 0.717) is 23.3 Å². The quantitative estimate of drug-likeness (QED) is 0.532. The van der Waals surface area contributed by atoms with Gasteiger partial charge in [0.1, 0.15) is 16.9 Å². The number of rotatable bonds is 5. The van der Waals surface area contributed by atoms with Crippen LogP contribution >= 0.6 is 0 Å². The molecule has 0 spiro atoms. The van der Waals surface area contributed by atoms with Gasteiger partial charge < -0.3 is 13.9 Å². The van der Waals surface area contributed by atoms with Gasteiger partial charge in [-0.3, -0.25) is 0 Å². The Morgan fingerprint density at radius 1 is 1.08 bits per heavy atom. The third-order valence-corrected chi connectivity index (χ3v) is 3.62. The van der Waals surface area contributed by atoms with Gasteiger partial charge in [0, 0.05) is 17.9 Å². The van der Waals surface area contributed by atoms with E-state index >= 15 is 0 Å². The molecule has 2 aromatic carbocycles. The topological polar surface area (TPSA) is 65.7 Å². The predicted octanol–water partition coefficient (Wildman–Crippen LogP) is 3.20. The van der Waals surface area contributed by atoms with Crippen LogP contribution < -0.4 is 10.4 Å². The molecule has 0 fully saturated rings. The largest absolute Gasteiger partial charge is 0.493 e. The van der Waals surface area contributed by atoms with Crippen LogP contribution in [0.25, 0.3) is 11.0 Å². The summed E-state index contributed by atoms with van der Waals surface area (Å²) in [6, 6.07) is 16.6. The van der Waals surface area contributed by atoms with Crippen molar-refractivity contribution in [2.24, 2.45) is 0 Å². The van der Waals surface area contributed by atoms with E-state index < -0.39 is 11.6 Å². The van der Waals surface area contributed by atoms with Gasteiger partial charge in [0.05, 0.1) is 13.7 Å². The highest BCUT2D eigenvalue weighted by Crippen LogP contribution is 2.21. The van der Waals surface area contributed by atoms with E-state index in [0.717, 1.165) is 6.42 Å². The Hall–Kier alpha value is -3.08. The van der Waals surface area contributed by atoms with E-state index in [4.69, 9.17) is 9.15 Å². The molecule has 0 unspecified atom stereocenters. The number of carbonyl (C=O) groups is 1. The molecule has 0 N–H and O–H groups in total. The Balaban J connectivity index is 1.76. The SMILES string of the molecule is COC(=O)c1cc2ccc(OCCc3ccccc3)cc2oc1=O. The summed E-state index contributed by atoms with van der Waals surface area (Å²) < 4.78 is 15.4. The zero-order valence-electron chi connectivity index (χ0n) is 13.2. The molecule has 1 aromatic heterocycles. The molecule has 0 saturated carbocycles. The van der Waals surface area contributed by atoms with Crippen molar-refractivity contribution in [1.29, 1.82) is 0 Å². The molecule has 0 aliphatic heterocycles. The van der Waals surface area contributed by atoms with Gasteiger partial charge in [-0.1, -0.05) is 30.3 Å².